The maximum atomic E-state index is 14.6. The summed E-state index contributed by atoms with van der Waals surface area (Å²) in [5.74, 6) is 0.0869. The molecular formula is C46H53NO10S2. The van der Waals surface area contributed by atoms with Gasteiger partial charge in [-0.2, -0.15) is 8.42 Å². The van der Waals surface area contributed by atoms with Gasteiger partial charge in [0.25, 0.3) is 0 Å². The van der Waals surface area contributed by atoms with E-state index in [-0.39, 0.29) is 30.1 Å². The van der Waals surface area contributed by atoms with Gasteiger partial charge in [-0.05, 0) is 154 Å². The molecule has 0 bridgehead atoms. The van der Waals surface area contributed by atoms with Crippen LogP contribution in [0.5, 0.6) is 17.2 Å². The van der Waals surface area contributed by atoms with Gasteiger partial charge in [0.1, 0.15) is 35.1 Å². The summed E-state index contributed by atoms with van der Waals surface area (Å²) in [6, 6.07) is 32.8. The molecule has 5 rings (SSSR count). The van der Waals surface area contributed by atoms with Gasteiger partial charge < -0.3 is 23.7 Å². The van der Waals surface area contributed by atoms with Crippen LogP contribution < -0.4 is 14.2 Å². The van der Waals surface area contributed by atoms with E-state index in [0.717, 1.165) is 5.56 Å². The van der Waals surface area contributed by atoms with Crippen molar-refractivity contribution in [3.05, 3.63) is 133 Å². The van der Waals surface area contributed by atoms with Crippen LogP contribution in [-0.4, -0.2) is 49.8 Å². The Bertz CT molecular complexity index is 2220. The Morgan fingerprint density at radius 2 is 1.05 bits per heavy atom. The van der Waals surface area contributed by atoms with E-state index in [0.29, 0.717) is 37.6 Å². The van der Waals surface area contributed by atoms with Crippen LogP contribution in [0.25, 0.3) is 0 Å². The van der Waals surface area contributed by atoms with Crippen LogP contribution in [0.4, 0.5) is 0 Å². The van der Waals surface area contributed by atoms with Crippen LogP contribution in [0.15, 0.2) is 141 Å². The minimum atomic E-state index is -4.49. The number of pyridine rings is 1. The van der Waals surface area contributed by atoms with Crippen molar-refractivity contribution in [3.63, 3.8) is 0 Å². The Morgan fingerprint density at radius 3 is 1.51 bits per heavy atom. The van der Waals surface area contributed by atoms with E-state index in [4.69, 9.17) is 27.3 Å². The number of carbonyl (C=O) groups is 2. The lowest BCUT2D eigenvalue weighted by atomic mass is 9.87. The lowest BCUT2D eigenvalue weighted by Crippen LogP contribution is -2.27. The van der Waals surface area contributed by atoms with E-state index in [9.17, 15) is 18.0 Å². The van der Waals surface area contributed by atoms with Gasteiger partial charge in [0.05, 0.1) is 10.6 Å². The standard InChI is InChI=1S/C46H53NO10S2/c1-44(2,3)33-16-22-40(23-17-33)59(50,51)57-58(38-24-18-35(19-25-38)53-31-42(48)55-45(4,5)6,39-26-20-36(21-27-39)54-32-43(49)56-46(7,8)9)41-15-12-14-37(29-41)52-30-34-13-10-11-28-47-34/h10-29H,30-32H2,1-9H3. The molecule has 0 radical (unpaired) electrons. The van der Waals surface area contributed by atoms with Crippen LogP contribution in [0.3, 0.4) is 0 Å². The van der Waals surface area contributed by atoms with Crippen molar-refractivity contribution in [2.24, 2.45) is 0 Å². The topological polar surface area (TPSA) is 137 Å². The monoisotopic (exact) mass is 843 g/mol. The fourth-order valence-electron chi connectivity index (χ4n) is 5.69. The first-order valence-electron chi connectivity index (χ1n) is 19.1. The molecule has 0 aliphatic rings. The summed E-state index contributed by atoms with van der Waals surface area (Å²) in [5.41, 5.74) is 0.0776. The molecular weight excluding hydrogens is 791 g/mol. The molecule has 1 heterocycles. The molecule has 314 valence electrons. The Morgan fingerprint density at radius 1 is 0.542 bits per heavy atom. The summed E-state index contributed by atoms with van der Waals surface area (Å²) in [5, 5.41) is 0. The third-order valence-corrected chi connectivity index (χ3v) is 13.5. The highest BCUT2D eigenvalue weighted by Crippen LogP contribution is 2.71. The van der Waals surface area contributed by atoms with E-state index in [1.165, 1.54) is 0 Å². The van der Waals surface area contributed by atoms with Gasteiger partial charge in [0, 0.05) is 20.9 Å². The number of hydrogen-bond acceptors (Lipinski definition) is 11. The highest BCUT2D eigenvalue weighted by molar-refractivity contribution is 8.33. The fraction of sp³-hybridized carbons (Fsp3) is 0.326. The summed E-state index contributed by atoms with van der Waals surface area (Å²) in [7, 11) is -7.69. The second-order valence-corrected chi connectivity index (χ2v) is 21.1. The van der Waals surface area contributed by atoms with Gasteiger partial charge in [-0.3, -0.25) is 4.98 Å². The largest absolute Gasteiger partial charge is 0.487 e. The molecule has 0 spiro atoms. The maximum Gasteiger partial charge on any atom is 0.344 e. The predicted molar refractivity (Wildman–Crippen MR) is 226 cm³/mol. The zero-order valence-corrected chi connectivity index (χ0v) is 36.6. The molecule has 0 aliphatic heterocycles. The predicted octanol–water partition coefficient (Wildman–Crippen LogP) is 10.0. The Labute approximate surface area is 349 Å². The number of benzene rings is 4. The van der Waals surface area contributed by atoms with Gasteiger partial charge in [0.2, 0.25) is 0 Å². The smallest absolute Gasteiger partial charge is 0.344 e. The number of rotatable bonds is 15. The van der Waals surface area contributed by atoms with Crippen LogP contribution in [0.1, 0.15) is 73.6 Å². The second-order valence-electron chi connectivity index (χ2n) is 16.6. The van der Waals surface area contributed by atoms with Crippen LogP contribution in [0, 0.1) is 0 Å². The SMILES string of the molecule is CC(C)(C)OC(=O)COc1ccc(S(OS(=O)(=O)c2ccc(C(C)(C)C)cc2)(c2ccc(OCC(=O)OC(C)(C)C)cc2)c2cccc(OCc3ccccn3)c2)cc1. The molecule has 4 aromatic carbocycles. The minimum Gasteiger partial charge on any atom is -0.487 e. The summed E-state index contributed by atoms with van der Waals surface area (Å²) >= 11 is 0. The zero-order chi connectivity index (χ0) is 43.1. The van der Waals surface area contributed by atoms with Gasteiger partial charge in [-0.1, -0.05) is 45.0 Å². The highest BCUT2D eigenvalue weighted by Gasteiger charge is 2.39. The summed E-state index contributed by atoms with van der Waals surface area (Å²) < 4.78 is 64.5. The quantitative estimate of drug-likeness (QED) is 0.0932. The minimum absolute atomic E-state index is 0.0282. The number of esters is 2. The number of aromatic nitrogens is 1. The molecule has 13 heteroatoms. The summed E-state index contributed by atoms with van der Waals surface area (Å²) in [6.07, 6.45) is 1.68. The molecule has 0 aliphatic carbocycles. The second kappa shape index (κ2) is 18.3. The molecule has 0 unspecified atom stereocenters. The fourth-order valence-corrected chi connectivity index (χ4v) is 10.9. The first-order valence-corrected chi connectivity index (χ1v) is 22.0. The Hall–Kier alpha value is -5.37. The van der Waals surface area contributed by atoms with Crippen molar-refractivity contribution in [1.29, 1.82) is 0 Å². The van der Waals surface area contributed by atoms with Gasteiger partial charge in [-0.15, -0.1) is 0 Å². The molecule has 0 N–H and O–H groups in total. The third kappa shape index (κ3) is 12.6. The van der Waals surface area contributed by atoms with Crippen LogP contribution >= 0.6 is 10.3 Å². The highest BCUT2D eigenvalue weighted by atomic mass is 32.3. The number of nitrogens with zero attached hydrogens (tertiary/aromatic N) is 1. The summed E-state index contributed by atoms with van der Waals surface area (Å²) in [6.45, 7) is 16.3. The molecule has 1 aromatic heterocycles. The van der Waals surface area contributed by atoms with E-state index in [1.54, 1.807) is 145 Å². The van der Waals surface area contributed by atoms with Gasteiger partial charge >= 0.3 is 22.1 Å². The molecule has 59 heavy (non-hydrogen) atoms. The van der Waals surface area contributed by atoms with Crippen LogP contribution in [0.2, 0.25) is 0 Å². The van der Waals surface area contributed by atoms with Crippen molar-refractivity contribution < 1.29 is 45.3 Å². The van der Waals surface area contributed by atoms with E-state index in [1.807, 2.05) is 39.0 Å². The number of ether oxygens (including phenoxy) is 5. The number of hydrogen-bond donors (Lipinski definition) is 0. The molecule has 0 amide bonds. The van der Waals surface area contributed by atoms with Crippen molar-refractivity contribution in [2.45, 2.75) is 105 Å². The van der Waals surface area contributed by atoms with Gasteiger partial charge in [-0.25, -0.2) is 13.2 Å². The lowest BCUT2D eigenvalue weighted by Gasteiger charge is -2.39. The van der Waals surface area contributed by atoms with Crippen molar-refractivity contribution in [2.75, 3.05) is 13.2 Å². The van der Waals surface area contributed by atoms with E-state index >= 15 is 0 Å². The third-order valence-electron chi connectivity index (χ3n) is 8.32. The molecule has 0 saturated heterocycles. The van der Waals surface area contributed by atoms with Crippen molar-refractivity contribution >= 4 is 32.4 Å². The molecule has 0 saturated carbocycles. The van der Waals surface area contributed by atoms with Crippen LogP contribution in [-0.2, 0) is 44.8 Å². The lowest BCUT2D eigenvalue weighted by molar-refractivity contribution is -0.158. The normalized spacial score (nSPS) is 12.6. The van der Waals surface area contributed by atoms with Gasteiger partial charge in [0.15, 0.2) is 13.2 Å². The van der Waals surface area contributed by atoms with Crippen molar-refractivity contribution in [3.8, 4) is 17.2 Å². The molecule has 0 fully saturated rings. The average Bonchev–Trinajstić information content (AvgIpc) is 3.17. The molecule has 11 nitrogen and oxygen atoms in total. The first kappa shape index (κ1) is 44.7. The zero-order valence-electron chi connectivity index (χ0n) is 35.0. The first-order chi connectivity index (χ1) is 27.6. The van der Waals surface area contributed by atoms with E-state index in [2.05, 4.69) is 4.98 Å². The summed E-state index contributed by atoms with van der Waals surface area (Å²) in [4.78, 5) is 30.7. The Balaban J connectivity index is 1.63. The maximum absolute atomic E-state index is 14.6. The van der Waals surface area contributed by atoms with Crippen molar-refractivity contribution in [1.82, 2.24) is 4.98 Å². The van der Waals surface area contributed by atoms with E-state index < -0.39 is 43.6 Å². The number of carbonyl (C=O) groups excluding carboxylic acids is 2. The molecule has 5 aromatic rings. The Kier molecular flexibility index (Phi) is 13.9. The average molecular weight is 844 g/mol. The molecule has 0 atom stereocenters.